The number of carbonyl (C=O) groups is 1. The Morgan fingerprint density at radius 1 is 1.19 bits per heavy atom. The molecule has 0 aliphatic carbocycles. The van der Waals surface area contributed by atoms with E-state index in [0.29, 0.717) is 23.9 Å². The molecule has 1 N–H and O–H groups in total. The molecule has 0 aliphatic rings. The molecule has 0 saturated heterocycles. The molecule has 0 radical (unpaired) electrons. The van der Waals surface area contributed by atoms with Gasteiger partial charge in [0.05, 0.1) is 23.9 Å². The number of thiazole rings is 1. The number of anilines is 1. The standard InChI is InChI=1S/C20H19ClN2O3S/c1-25-9-10-26-12-19(24)22-15-6-4-5-14(11-15)18-13-27-20(23-18)16-7-2-3-8-17(16)21/h2-8,11,13H,9-10,12H2,1H3,(H,22,24). The van der Waals surface area contributed by atoms with Crippen LogP contribution in [0.4, 0.5) is 5.69 Å². The van der Waals surface area contributed by atoms with Gasteiger partial charge in [-0.1, -0.05) is 41.9 Å². The van der Waals surface area contributed by atoms with Crippen molar-refractivity contribution in [1.82, 2.24) is 4.98 Å². The number of aromatic nitrogens is 1. The van der Waals surface area contributed by atoms with E-state index < -0.39 is 0 Å². The van der Waals surface area contributed by atoms with Gasteiger partial charge in [0.15, 0.2) is 0 Å². The van der Waals surface area contributed by atoms with Crippen LogP contribution in [0.25, 0.3) is 21.8 Å². The first-order valence-electron chi connectivity index (χ1n) is 8.35. The highest BCUT2D eigenvalue weighted by Crippen LogP contribution is 2.33. The van der Waals surface area contributed by atoms with Gasteiger partial charge >= 0.3 is 0 Å². The lowest BCUT2D eigenvalue weighted by molar-refractivity contribution is -0.121. The second-order valence-electron chi connectivity index (χ2n) is 5.69. The highest BCUT2D eigenvalue weighted by Gasteiger charge is 2.10. The van der Waals surface area contributed by atoms with Crippen molar-refractivity contribution in [1.29, 1.82) is 0 Å². The van der Waals surface area contributed by atoms with Crippen LogP contribution in [0, 0.1) is 0 Å². The number of nitrogens with one attached hydrogen (secondary N) is 1. The van der Waals surface area contributed by atoms with Crippen LogP contribution in [0.3, 0.4) is 0 Å². The summed E-state index contributed by atoms with van der Waals surface area (Å²) in [5, 5.41) is 6.34. The maximum Gasteiger partial charge on any atom is 0.250 e. The van der Waals surface area contributed by atoms with Crippen molar-refractivity contribution < 1.29 is 14.3 Å². The highest BCUT2D eigenvalue weighted by molar-refractivity contribution is 7.13. The van der Waals surface area contributed by atoms with Crippen molar-refractivity contribution in [3.05, 3.63) is 58.9 Å². The van der Waals surface area contributed by atoms with Crippen LogP contribution in [-0.4, -0.2) is 37.8 Å². The third-order valence-electron chi connectivity index (χ3n) is 3.72. The van der Waals surface area contributed by atoms with Gasteiger partial charge in [-0.05, 0) is 18.2 Å². The van der Waals surface area contributed by atoms with E-state index in [9.17, 15) is 4.79 Å². The average Bonchev–Trinajstić information content (AvgIpc) is 3.16. The van der Waals surface area contributed by atoms with Gasteiger partial charge in [-0.15, -0.1) is 11.3 Å². The average molecular weight is 403 g/mol. The number of hydrogen-bond acceptors (Lipinski definition) is 5. The fourth-order valence-corrected chi connectivity index (χ4v) is 3.57. The Bertz CT molecular complexity index is 914. The lowest BCUT2D eigenvalue weighted by Gasteiger charge is -2.07. The Balaban J connectivity index is 1.69. The molecule has 3 aromatic rings. The molecule has 1 aromatic heterocycles. The normalized spacial score (nSPS) is 10.7. The van der Waals surface area contributed by atoms with E-state index in [1.807, 2.05) is 53.9 Å². The van der Waals surface area contributed by atoms with Gasteiger partial charge in [-0.2, -0.15) is 0 Å². The van der Waals surface area contributed by atoms with E-state index in [1.165, 1.54) is 11.3 Å². The second-order valence-corrected chi connectivity index (χ2v) is 6.96. The summed E-state index contributed by atoms with van der Waals surface area (Å²) < 4.78 is 10.1. The largest absolute Gasteiger partial charge is 0.382 e. The molecule has 140 valence electrons. The van der Waals surface area contributed by atoms with Crippen LogP contribution in [0.15, 0.2) is 53.9 Å². The van der Waals surface area contributed by atoms with Crippen molar-refractivity contribution >= 4 is 34.5 Å². The quantitative estimate of drug-likeness (QED) is 0.553. The van der Waals surface area contributed by atoms with Gasteiger partial charge in [-0.3, -0.25) is 4.79 Å². The molecule has 1 heterocycles. The zero-order valence-corrected chi connectivity index (χ0v) is 16.3. The Morgan fingerprint density at radius 3 is 2.85 bits per heavy atom. The van der Waals surface area contributed by atoms with Crippen LogP contribution in [0.5, 0.6) is 0 Å². The number of hydrogen-bond donors (Lipinski definition) is 1. The molecule has 0 bridgehead atoms. The van der Waals surface area contributed by atoms with Gasteiger partial charge < -0.3 is 14.8 Å². The molecule has 27 heavy (non-hydrogen) atoms. The monoisotopic (exact) mass is 402 g/mol. The van der Waals surface area contributed by atoms with E-state index in [1.54, 1.807) is 7.11 Å². The SMILES string of the molecule is COCCOCC(=O)Nc1cccc(-c2csc(-c3ccccc3Cl)n2)c1. The van der Waals surface area contributed by atoms with Crippen molar-refractivity contribution in [3.8, 4) is 21.8 Å². The molecule has 0 fully saturated rings. The molecular formula is C20H19ClN2O3S. The van der Waals surface area contributed by atoms with Crippen LogP contribution in [0.1, 0.15) is 0 Å². The van der Waals surface area contributed by atoms with Crippen LogP contribution < -0.4 is 5.32 Å². The topological polar surface area (TPSA) is 60.5 Å². The van der Waals surface area contributed by atoms with E-state index in [0.717, 1.165) is 21.8 Å². The Morgan fingerprint density at radius 2 is 2.04 bits per heavy atom. The number of rotatable bonds is 8. The van der Waals surface area contributed by atoms with Crippen molar-refractivity contribution in [2.45, 2.75) is 0 Å². The van der Waals surface area contributed by atoms with Gasteiger partial charge in [0.25, 0.3) is 0 Å². The van der Waals surface area contributed by atoms with Crippen LogP contribution in [0.2, 0.25) is 5.02 Å². The smallest absolute Gasteiger partial charge is 0.250 e. The number of benzene rings is 2. The van der Waals surface area contributed by atoms with Crippen LogP contribution >= 0.6 is 22.9 Å². The fraction of sp³-hybridized carbons (Fsp3) is 0.200. The van der Waals surface area contributed by atoms with Gasteiger partial charge in [0.2, 0.25) is 5.91 Å². The van der Waals surface area contributed by atoms with Gasteiger partial charge in [0, 0.05) is 29.3 Å². The van der Waals surface area contributed by atoms with E-state index in [2.05, 4.69) is 10.3 Å². The van der Waals surface area contributed by atoms with Crippen LogP contribution in [-0.2, 0) is 14.3 Å². The molecular weight excluding hydrogens is 384 g/mol. The second kappa shape index (κ2) is 9.62. The number of carbonyl (C=O) groups excluding carboxylic acids is 1. The van der Waals surface area contributed by atoms with E-state index in [-0.39, 0.29) is 12.5 Å². The minimum Gasteiger partial charge on any atom is -0.382 e. The Kier molecular flexibility index (Phi) is 6.95. The maximum absolute atomic E-state index is 11.9. The minimum atomic E-state index is -0.210. The summed E-state index contributed by atoms with van der Waals surface area (Å²) in [5.74, 6) is -0.210. The van der Waals surface area contributed by atoms with Crippen molar-refractivity contribution in [2.24, 2.45) is 0 Å². The summed E-state index contributed by atoms with van der Waals surface area (Å²) >= 11 is 7.79. The summed E-state index contributed by atoms with van der Waals surface area (Å²) in [6, 6.07) is 15.2. The number of ether oxygens (including phenoxy) is 2. The first-order chi connectivity index (χ1) is 13.2. The molecule has 0 aliphatic heterocycles. The van der Waals surface area contributed by atoms with E-state index in [4.69, 9.17) is 21.1 Å². The minimum absolute atomic E-state index is 0.0130. The molecule has 5 nitrogen and oxygen atoms in total. The molecule has 0 unspecified atom stereocenters. The Hall–Kier alpha value is -2.25. The molecule has 1 amide bonds. The molecule has 0 saturated carbocycles. The Labute approximate surface area is 166 Å². The summed E-state index contributed by atoms with van der Waals surface area (Å²) in [5.41, 5.74) is 3.36. The predicted octanol–water partition coefficient (Wildman–Crippen LogP) is 4.73. The first kappa shape index (κ1) is 19.5. The zero-order chi connectivity index (χ0) is 19.1. The highest BCUT2D eigenvalue weighted by atomic mass is 35.5. The molecule has 7 heteroatoms. The molecule has 0 spiro atoms. The lowest BCUT2D eigenvalue weighted by Crippen LogP contribution is -2.19. The predicted molar refractivity (Wildman–Crippen MR) is 109 cm³/mol. The zero-order valence-electron chi connectivity index (χ0n) is 14.8. The number of amides is 1. The third kappa shape index (κ3) is 5.37. The summed E-state index contributed by atoms with van der Waals surface area (Å²) in [6.45, 7) is 0.828. The maximum atomic E-state index is 11.9. The number of halogens is 1. The molecule has 3 rings (SSSR count). The first-order valence-corrected chi connectivity index (χ1v) is 9.60. The third-order valence-corrected chi connectivity index (χ3v) is 4.92. The van der Waals surface area contributed by atoms with E-state index >= 15 is 0 Å². The lowest BCUT2D eigenvalue weighted by atomic mass is 10.1. The van der Waals surface area contributed by atoms with Gasteiger partial charge in [0.1, 0.15) is 11.6 Å². The van der Waals surface area contributed by atoms with Crippen molar-refractivity contribution in [3.63, 3.8) is 0 Å². The van der Waals surface area contributed by atoms with Gasteiger partial charge in [-0.25, -0.2) is 4.98 Å². The summed E-state index contributed by atoms with van der Waals surface area (Å²) in [4.78, 5) is 16.6. The summed E-state index contributed by atoms with van der Waals surface area (Å²) in [7, 11) is 1.59. The summed E-state index contributed by atoms with van der Waals surface area (Å²) in [6.07, 6.45) is 0. The molecule has 0 atom stereocenters. The number of methoxy groups -OCH3 is 1. The molecule has 2 aromatic carbocycles. The number of nitrogens with zero attached hydrogens (tertiary/aromatic N) is 1. The van der Waals surface area contributed by atoms with Crippen molar-refractivity contribution in [2.75, 3.05) is 32.2 Å². The fourth-order valence-electron chi connectivity index (χ4n) is 2.43.